The predicted molar refractivity (Wildman–Crippen MR) is 67.3 cm³/mol. The average molecular weight is 294 g/mol. The highest BCUT2D eigenvalue weighted by atomic mass is 19.4. The van der Waals surface area contributed by atoms with Gasteiger partial charge in [0, 0.05) is 26.2 Å². The zero-order valence-electron chi connectivity index (χ0n) is 12.0. The van der Waals surface area contributed by atoms with Crippen LogP contribution >= 0.6 is 0 Å². The van der Waals surface area contributed by atoms with Gasteiger partial charge in [0.15, 0.2) is 0 Å². The molecule has 4 nitrogen and oxygen atoms in total. The number of alkyl halides is 3. The molecule has 0 aromatic rings. The predicted octanol–water partition coefficient (Wildman–Crippen LogP) is 2.35. The summed E-state index contributed by atoms with van der Waals surface area (Å²) >= 11 is 0. The second kappa shape index (κ2) is 5.09. The highest BCUT2D eigenvalue weighted by Gasteiger charge is 2.45. The van der Waals surface area contributed by atoms with Crippen LogP contribution < -0.4 is 0 Å². The molecule has 7 heteroatoms. The van der Waals surface area contributed by atoms with Crippen LogP contribution in [0.15, 0.2) is 0 Å². The summed E-state index contributed by atoms with van der Waals surface area (Å²) in [6, 6.07) is 0. The maximum absolute atomic E-state index is 12.3. The molecule has 0 spiro atoms. The van der Waals surface area contributed by atoms with Crippen molar-refractivity contribution in [3.63, 3.8) is 0 Å². The fraction of sp³-hybridized carbons (Fsp3) is 0.923. The highest BCUT2D eigenvalue weighted by Crippen LogP contribution is 2.33. The number of rotatable bonds is 1. The van der Waals surface area contributed by atoms with Crippen LogP contribution in [0.4, 0.5) is 18.0 Å². The summed E-state index contributed by atoms with van der Waals surface area (Å²) in [5, 5.41) is 0. The van der Waals surface area contributed by atoms with Crippen LogP contribution in [0, 0.1) is 11.8 Å². The zero-order valence-corrected chi connectivity index (χ0v) is 12.0. The third-order valence-electron chi connectivity index (χ3n) is 3.62. The Morgan fingerprint density at radius 2 is 1.60 bits per heavy atom. The van der Waals surface area contributed by atoms with E-state index in [9.17, 15) is 18.0 Å². The van der Waals surface area contributed by atoms with Gasteiger partial charge in [-0.2, -0.15) is 13.2 Å². The van der Waals surface area contributed by atoms with Crippen molar-refractivity contribution in [1.29, 1.82) is 0 Å². The maximum atomic E-state index is 12.3. The maximum Gasteiger partial charge on any atom is 0.410 e. The number of halogens is 3. The molecule has 2 atom stereocenters. The molecule has 0 aromatic carbocycles. The fourth-order valence-corrected chi connectivity index (χ4v) is 2.95. The van der Waals surface area contributed by atoms with Gasteiger partial charge >= 0.3 is 12.3 Å². The Morgan fingerprint density at radius 3 is 2.00 bits per heavy atom. The molecular formula is C13H21F3N2O2. The van der Waals surface area contributed by atoms with Crippen molar-refractivity contribution < 1.29 is 22.7 Å². The average Bonchev–Trinajstić information content (AvgIpc) is 2.68. The summed E-state index contributed by atoms with van der Waals surface area (Å²) in [6.07, 6.45) is -4.52. The number of likely N-dealkylation sites (tertiary alicyclic amines) is 2. The van der Waals surface area contributed by atoms with E-state index in [4.69, 9.17) is 4.74 Å². The van der Waals surface area contributed by atoms with Crippen molar-refractivity contribution in [3.8, 4) is 0 Å². The Labute approximate surface area is 116 Å². The van der Waals surface area contributed by atoms with Crippen molar-refractivity contribution in [1.82, 2.24) is 9.80 Å². The molecule has 2 saturated heterocycles. The number of hydrogen-bond donors (Lipinski definition) is 0. The van der Waals surface area contributed by atoms with Gasteiger partial charge < -0.3 is 9.64 Å². The lowest BCUT2D eigenvalue weighted by Crippen LogP contribution is -2.39. The van der Waals surface area contributed by atoms with Crippen LogP contribution in [0.5, 0.6) is 0 Å². The summed E-state index contributed by atoms with van der Waals surface area (Å²) in [6.45, 7) is 6.34. The van der Waals surface area contributed by atoms with E-state index in [0.717, 1.165) is 0 Å². The molecule has 2 aliphatic rings. The topological polar surface area (TPSA) is 32.8 Å². The lowest BCUT2D eigenvalue weighted by molar-refractivity contribution is -0.144. The number of nitrogens with zero attached hydrogens (tertiary/aromatic N) is 2. The molecule has 0 saturated carbocycles. The number of fused-ring (bicyclic) bond motifs is 1. The second-order valence-corrected chi connectivity index (χ2v) is 6.71. The monoisotopic (exact) mass is 294 g/mol. The second-order valence-electron chi connectivity index (χ2n) is 6.71. The van der Waals surface area contributed by atoms with E-state index in [0.29, 0.717) is 26.2 Å². The van der Waals surface area contributed by atoms with Crippen LogP contribution in [0.2, 0.25) is 0 Å². The van der Waals surface area contributed by atoms with Crippen LogP contribution in [0.1, 0.15) is 20.8 Å². The van der Waals surface area contributed by atoms with Gasteiger partial charge in [-0.25, -0.2) is 4.79 Å². The van der Waals surface area contributed by atoms with Crippen molar-refractivity contribution in [3.05, 3.63) is 0 Å². The molecular weight excluding hydrogens is 273 g/mol. The van der Waals surface area contributed by atoms with E-state index in [1.807, 2.05) is 0 Å². The van der Waals surface area contributed by atoms with Crippen LogP contribution in [-0.4, -0.2) is 60.4 Å². The van der Waals surface area contributed by atoms with Crippen molar-refractivity contribution in [2.75, 3.05) is 32.7 Å². The lowest BCUT2D eigenvalue weighted by Gasteiger charge is -2.26. The van der Waals surface area contributed by atoms with Gasteiger partial charge in [-0.3, -0.25) is 4.90 Å². The Hall–Kier alpha value is -0.980. The molecule has 2 heterocycles. The molecule has 1 amide bonds. The highest BCUT2D eigenvalue weighted by molar-refractivity contribution is 5.68. The van der Waals surface area contributed by atoms with Gasteiger partial charge in [0.25, 0.3) is 0 Å². The van der Waals surface area contributed by atoms with Crippen LogP contribution in [0.25, 0.3) is 0 Å². The Balaban J connectivity index is 1.84. The van der Waals surface area contributed by atoms with Gasteiger partial charge in [-0.15, -0.1) is 0 Å². The van der Waals surface area contributed by atoms with E-state index >= 15 is 0 Å². The molecule has 2 rings (SSSR count). The quantitative estimate of drug-likeness (QED) is 0.744. The summed E-state index contributed by atoms with van der Waals surface area (Å²) in [4.78, 5) is 15.0. The minimum absolute atomic E-state index is 0.130. The molecule has 2 aliphatic heterocycles. The third kappa shape index (κ3) is 4.01. The summed E-state index contributed by atoms with van der Waals surface area (Å²) < 4.78 is 42.3. The van der Waals surface area contributed by atoms with E-state index in [1.165, 1.54) is 4.90 Å². The Morgan fingerprint density at radius 1 is 1.10 bits per heavy atom. The van der Waals surface area contributed by atoms with Gasteiger partial charge in [0.05, 0.1) is 6.54 Å². The molecule has 0 bridgehead atoms. The first-order chi connectivity index (χ1) is 9.03. The molecule has 0 N–H and O–H groups in total. The van der Waals surface area contributed by atoms with Gasteiger partial charge in [0.1, 0.15) is 5.60 Å². The summed E-state index contributed by atoms with van der Waals surface area (Å²) in [7, 11) is 0. The van der Waals surface area contributed by atoms with Gasteiger partial charge in [0.2, 0.25) is 0 Å². The first-order valence-electron chi connectivity index (χ1n) is 6.80. The molecule has 0 aliphatic carbocycles. The Kier molecular flexibility index (Phi) is 3.92. The van der Waals surface area contributed by atoms with E-state index in [1.54, 1.807) is 25.7 Å². The SMILES string of the molecule is CC(C)(C)OC(=O)N1CC2CN(CC(F)(F)F)CC2C1. The van der Waals surface area contributed by atoms with Gasteiger partial charge in [-0.1, -0.05) is 0 Å². The molecule has 2 unspecified atom stereocenters. The van der Waals surface area contributed by atoms with Crippen LogP contribution in [-0.2, 0) is 4.74 Å². The van der Waals surface area contributed by atoms with E-state index in [-0.39, 0.29) is 17.9 Å². The zero-order chi connectivity index (χ0) is 15.1. The standard InChI is InChI=1S/C13H21F3N2O2/c1-12(2,3)20-11(19)18-6-9-4-17(5-10(9)7-18)8-13(14,15)16/h9-10H,4-8H2,1-3H3. The molecule has 0 radical (unpaired) electrons. The minimum Gasteiger partial charge on any atom is -0.444 e. The first kappa shape index (κ1) is 15.4. The number of hydrogen-bond acceptors (Lipinski definition) is 3. The number of carbonyl (C=O) groups excluding carboxylic acids is 1. The lowest BCUT2D eigenvalue weighted by atomic mass is 10.0. The minimum atomic E-state index is -4.15. The first-order valence-corrected chi connectivity index (χ1v) is 6.80. The van der Waals surface area contributed by atoms with Crippen LogP contribution in [0.3, 0.4) is 0 Å². The number of amides is 1. The van der Waals surface area contributed by atoms with Gasteiger partial charge in [-0.05, 0) is 32.6 Å². The third-order valence-corrected chi connectivity index (χ3v) is 3.62. The molecule has 2 fully saturated rings. The molecule has 20 heavy (non-hydrogen) atoms. The van der Waals surface area contributed by atoms with E-state index in [2.05, 4.69) is 0 Å². The number of carbonyl (C=O) groups is 1. The fourth-order valence-electron chi connectivity index (χ4n) is 2.95. The smallest absolute Gasteiger partial charge is 0.410 e. The Bertz CT molecular complexity index is 365. The van der Waals surface area contributed by atoms with Crippen molar-refractivity contribution in [2.45, 2.75) is 32.5 Å². The molecule has 0 aromatic heterocycles. The summed E-state index contributed by atoms with van der Waals surface area (Å²) in [5.74, 6) is 0.259. The van der Waals surface area contributed by atoms with Crippen molar-refractivity contribution >= 4 is 6.09 Å². The normalized spacial score (nSPS) is 27.8. The largest absolute Gasteiger partial charge is 0.444 e. The van der Waals surface area contributed by atoms with E-state index < -0.39 is 18.3 Å². The molecule has 116 valence electrons. The van der Waals surface area contributed by atoms with Crippen molar-refractivity contribution in [2.24, 2.45) is 11.8 Å². The summed E-state index contributed by atoms with van der Waals surface area (Å²) in [5.41, 5.74) is -0.545. The number of ether oxygens (including phenoxy) is 1.